The molecule has 0 atom stereocenters. The number of hydrogen-bond acceptors (Lipinski definition) is 7. The maximum Gasteiger partial charge on any atom is 0.164 e. The van der Waals surface area contributed by atoms with E-state index in [0.717, 1.165) is 178 Å². The summed E-state index contributed by atoms with van der Waals surface area (Å²) < 4.78 is 9.47. The van der Waals surface area contributed by atoms with E-state index in [1.807, 2.05) is 54.9 Å². The summed E-state index contributed by atoms with van der Waals surface area (Å²) in [6.07, 6.45) is 3.78. The number of aromatic nitrogens is 11. The molecule has 0 aliphatic rings. The minimum atomic E-state index is 0.557. The normalized spacial score (nSPS) is 11.8. The van der Waals surface area contributed by atoms with Crippen LogP contribution in [-0.4, -0.2) is 53.2 Å². The van der Waals surface area contributed by atoms with Crippen LogP contribution in [-0.2, 0) is 0 Å². The zero-order valence-electron chi connectivity index (χ0n) is 60.3. The van der Waals surface area contributed by atoms with Crippen molar-refractivity contribution in [1.29, 1.82) is 0 Å². The Labute approximate surface area is 643 Å². The Balaban J connectivity index is 0.685. The maximum absolute atomic E-state index is 5.44. The topological polar surface area (TPSA) is 110 Å². The number of pyridine rings is 2. The largest absolute Gasteiger partial charge is 0.309 e. The van der Waals surface area contributed by atoms with Gasteiger partial charge in [0, 0.05) is 112 Å². The summed E-state index contributed by atoms with van der Waals surface area (Å²) >= 11 is 0. The van der Waals surface area contributed by atoms with Gasteiger partial charge in [-0.15, -0.1) is 0 Å². The Hall–Kier alpha value is -15.3. The third-order valence-corrected chi connectivity index (χ3v) is 21.9. The van der Waals surface area contributed by atoms with Gasteiger partial charge in [0.25, 0.3) is 0 Å². The number of benzene rings is 14. The van der Waals surface area contributed by atoms with E-state index in [9.17, 15) is 0 Å². The first-order chi connectivity index (χ1) is 55.5. The lowest BCUT2D eigenvalue weighted by molar-refractivity contribution is 1.07. The molecule has 0 fully saturated rings. The second-order valence-electron chi connectivity index (χ2n) is 28.4. The Kier molecular flexibility index (Phi) is 15.0. The zero-order chi connectivity index (χ0) is 73.7. The van der Waals surface area contributed by atoms with E-state index in [1.165, 1.54) is 10.8 Å². The highest BCUT2D eigenvalue weighted by molar-refractivity contribution is 6.21. The molecule has 11 nitrogen and oxygen atoms in total. The lowest BCUT2D eigenvalue weighted by Crippen LogP contribution is -2.01. The molecule has 22 aromatic rings. The number of nitrogens with zero attached hydrogens (tertiary/aromatic N) is 11. The van der Waals surface area contributed by atoms with Crippen molar-refractivity contribution in [3.63, 3.8) is 0 Å². The van der Waals surface area contributed by atoms with Gasteiger partial charge in [-0.2, -0.15) is 0 Å². The summed E-state index contributed by atoms with van der Waals surface area (Å²) in [6, 6.07) is 131. The van der Waals surface area contributed by atoms with Crippen molar-refractivity contribution < 1.29 is 0 Å². The summed E-state index contributed by atoms with van der Waals surface area (Å²) in [5.74, 6) is 2.34. The lowest BCUT2D eigenvalue weighted by Gasteiger charge is -2.15. The Morgan fingerprint density at radius 2 is 0.554 bits per heavy atom. The molecule has 0 bridgehead atoms. The fourth-order valence-electron chi connectivity index (χ4n) is 16.9. The first-order valence-electron chi connectivity index (χ1n) is 37.7. The number of fused-ring (bicyclic) bond motifs is 12. The molecule has 14 aromatic carbocycles. The van der Waals surface area contributed by atoms with Crippen LogP contribution in [0.15, 0.2) is 382 Å². The van der Waals surface area contributed by atoms with Gasteiger partial charge in [-0.05, 0) is 168 Å². The van der Waals surface area contributed by atoms with Crippen LogP contribution in [0.1, 0.15) is 0 Å². The molecular formula is C101H63N11. The lowest BCUT2D eigenvalue weighted by atomic mass is 9.93. The SMILES string of the molecule is c1ccc(-c2cc(-c3ccccc3)nc(-c3ccc(-n4c5ccccc5c5c(-c6cccc(-c7nc(-c8ccccc8)nc(-c8ccc(-n9c%10ccccc%10c%10cccc(-c%11ccc%12c(c%11)c%11ncccc%11n%12-c%11ccccc%11)c%109)cc8)n7)c6)ccc(-c6ccc7c(c6)c6ncccc6n7-c6ccccc6)c54)cc3)n2)cc1. The molecule has 8 aromatic heterocycles. The van der Waals surface area contributed by atoms with Crippen molar-refractivity contribution >= 4 is 87.5 Å². The van der Waals surface area contributed by atoms with E-state index in [2.05, 4.69) is 346 Å². The number of rotatable bonds is 13. The average Bonchev–Trinajstić information content (AvgIpc) is 1.56. The van der Waals surface area contributed by atoms with Crippen LogP contribution in [0.3, 0.4) is 0 Å². The van der Waals surface area contributed by atoms with E-state index in [1.54, 1.807) is 0 Å². The molecule has 0 aliphatic carbocycles. The average molecular weight is 1430 g/mol. The molecule has 112 heavy (non-hydrogen) atoms. The van der Waals surface area contributed by atoms with Crippen LogP contribution in [0.4, 0.5) is 0 Å². The van der Waals surface area contributed by atoms with Crippen LogP contribution in [0.5, 0.6) is 0 Å². The van der Waals surface area contributed by atoms with Gasteiger partial charge in [0.1, 0.15) is 0 Å². The van der Waals surface area contributed by atoms with Gasteiger partial charge < -0.3 is 18.3 Å². The third kappa shape index (κ3) is 10.6. The molecule has 0 N–H and O–H groups in total. The van der Waals surface area contributed by atoms with Crippen molar-refractivity contribution in [2.45, 2.75) is 0 Å². The van der Waals surface area contributed by atoms with E-state index in [0.29, 0.717) is 23.3 Å². The predicted octanol–water partition coefficient (Wildman–Crippen LogP) is 24.8. The first-order valence-corrected chi connectivity index (χ1v) is 37.7. The monoisotopic (exact) mass is 1430 g/mol. The molecule has 0 saturated heterocycles. The summed E-state index contributed by atoms with van der Waals surface area (Å²) in [5, 5.41) is 6.71. The highest BCUT2D eigenvalue weighted by atomic mass is 15.0. The summed E-state index contributed by atoms with van der Waals surface area (Å²) in [6.45, 7) is 0. The summed E-state index contributed by atoms with van der Waals surface area (Å²) in [7, 11) is 0. The minimum Gasteiger partial charge on any atom is -0.309 e. The summed E-state index contributed by atoms with van der Waals surface area (Å²) in [5.41, 5.74) is 28.4. The molecule has 0 radical (unpaired) electrons. The van der Waals surface area contributed by atoms with Gasteiger partial charge in [-0.1, -0.05) is 224 Å². The molecule has 22 rings (SSSR count). The van der Waals surface area contributed by atoms with Crippen LogP contribution >= 0.6 is 0 Å². The second-order valence-corrected chi connectivity index (χ2v) is 28.4. The Bertz CT molecular complexity index is 7400. The quantitative estimate of drug-likeness (QED) is 0.113. The second kappa shape index (κ2) is 26.3. The van der Waals surface area contributed by atoms with Gasteiger partial charge in [0.2, 0.25) is 0 Å². The molecule has 8 heterocycles. The predicted molar refractivity (Wildman–Crippen MR) is 457 cm³/mol. The number of para-hydroxylation sites is 5. The van der Waals surface area contributed by atoms with Gasteiger partial charge in [0.15, 0.2) is 23.3 Å². The smallest absolute Gasteiger partial charge is 0.164 e. The highest BCUT2D eigenvalue weighted by Gasteiger charge is 2.26. The van der Waals surface area contributed by atoms with Crippen LogP contribution < -0.4 is 0 Å². The van der Waals surface area contributed by atoms with Gasteiger partial charge in [0.05, 0.1) is 66.6 Å². The van der Waals surface area contributed by atoms with Gasteiger partial charge >= 0.3 is 0 Å². The maximum atomic E-state index is 5.44. The molecular weight excluding hydrogens is 1370 g/mol. The van der Waals surface area contributed by atoms with E-state index < -0.39 is 0 Å². The van der Waals surface area contributed by atoms with Crippen molar-refractivity contribution in [3.05, 3.63) is 382 Å². The summed E-state index contributed by atoms with van der Waals surface area (Å²) in [4.78, 5) is 36.6. The molecule has 0 amide bonds. The van der Waals surface area contributed by atoms with E-state index in [-0.39, 0.29) is 0 Å². The van der Waals surface area contributed by atoms with Crippen molar-refractivity contribution in [2.24, 2.45) is 0 Å². The van der Waals surface area contributed by atoms with Crippen molar-refractivity contribution in [3.8, 4) is 124 Å². The molecule has 0 aliphatic heterocycles. The third-order valence-electron chi connectivity index (χ3n) is 21.9. The van der Waals surface area contributed by atoms with Crippen LogP contribution in [0.2, 0.25) is 0 Å². The first kappa shape index (κ1) is 63.9. The standard InChI is InChI=1S/C101H63N11/c1-6-24-64(25-7-1)85-63-86(65-26-8-2-9-27-65)105-98(104-85)67-44-52-76(53-45-67)112-88-41-19-17-37-82(88)93-77(54-55-79(97(93)112)71-49-57-90-84(62-71)95-92(43-23-59-103-95)110(90)74-34-14-5-15-35-74)69-30-20-31-72(60-69)101-107-99(66-28-10-3-11-29-66)106-100(108-101)68-46-50-75(51-47-68)111-87-40-18-16-36-80(87)81-39-21-38-78(96(81)111)70-48-56-89-83(61-70)94-91(42-22-58-102-94)109(89)73-32-12-4-13-33-73/h1-63H. The Morgan fingerprint density at radius 3 is 1.11 bits per heavy atom. The molecule has 0 saturated carbocycles. The van der Waals surface area contributed by atoms with Crippen LogP contribution in [0.25, 0.3) is 212 Å². The fraction of sp³-hybridized carbons (Fsp3) is 0. The van der Waals surface area contributed by atoms with Gasteiger partial charge in [-0.25, -0.2) is 24.9 Å². The zero-order valence-corrected chi connectivity index (χ0v) is 60.3. The molecule has 522 valence electrons. The minimum absolute atomic E-state index is 0.557. The van der Waals surface area contributed by atoms with Crippen molar-refractivity contribution in [2.75, 3.05) is 0 Å². The van der Waals surface area contributed by atoms with Crippen molar-refractivity contribution in [1.82, 2.24) is 53.2 Å². The molecule has 0 spiro atoms. The van der Waals surface area contributed by atoms with Gasteiger partial charge in [-0.3, -0.25) is 9.97 Å². The van der Waals surface area contributed by atoms with E-state index >= 15 is 0 Å². The van der Waals surface area contributed by atoms with Crippen LogP contribution in [0, 0.1) is 0 Å². The molecule has 0 unspecified atom stereocenters. The highest BCUT2D eigenvalue weighted by Crippen LogP contribution is 2.47. The Morgan fingerprint density at radius 1 is 0.188 bits per heavy atom. The number of hydrogen-bond donors (Lipinski definition) is 0. The molecule has 11 heteroatoms. The van der Waals surface area contributed by atoms with E-state index in [4.69, 9.17) is 34.9 Å². The fourth-order valence-corrected chi connectivity index (χ4v) is 16.9.